The van der Waals surface area contributed by atoms with Gasteiger partial charge >= 0.3 is 0 Å². The van der Waals surface area contributed by atoms with E-state index in [2.05, 4.69) is 11.8 Å². The van der Waals surface area contributed by atoms with Crippen LogP contribution >= 0.6 is 0 Å². The van der Waals surface area contributed by atoms with Crippen molar-refractivity contribution in [3.05, 3.63) is 24.3 Å². The fourth-order valence-corrected chi connectivity index (χ4v) is 4.39. The molecular formula is C17H26N2O4S. The summed E-state index contributed by atoms with van der Waals surface area (Å²) in [5.41, 5.74) is 2.67. The van der Waals surface area contributed by atoms with E-state index in [9.17, 15) is 13.2 Å². The molecule has 1 amide bonds. The molecule has 1 aromatic carbocycles. The quantitative estimate of drug-likeness (QED) is 0.446. The van der Waals surface area contributed by atoms with Gasteiger partial charge < -0.3 is 4.90 Å². The van der Waals surface area contributed by atoms with Crippen LogP contribution in [0.4, 0.5) is 5.69 Å². The first-order valence-corrected chi connectivity index (χ1v) is 10.1. The van der Waals surface area contributed by atoms with Crippen LogP contribution < -0.4 is 10.4 Å². The molecule has 1 fully saturated rings. The van der Waals surface area contributed by atoms with Gasteiger partial charge in [-0.3, -0.25) is 10.0 Å². The van der Waals surface area contributed by atoms with Crippen LogP contribution in [0, 0.1) is 5.92 Å². The Morgan fingerprint density at radius 3 is 2.38 bits per heavy atom. The first kappa shape index (κ1) is 18.7. The van der Waals surface area contributed by atoms with E-state index in [1.807, 2.05) is 12.1 Å². The normalized spacial score (nSPS) is 16.2. The van der Waals surface area contributed by atoms with E-state index >= 15 is 0 Å². The summed E-state index contributed by atoms with van der Waals surface area (Å²) in [4.78, 5) is 13.9. The van der Waals surface area contributed by atoms with Crippen LogP contribution in [0.3, 0.4) is 0 Å². The smallest absolute Gasteiger partial charge is 0.246 e. The second-order valence-corrected chi connectivity index (χ2v) is 8.37. The lowest BCUT2D eigenvalue weighted by molar-refractivity contribution is -0.134. The molecule has 2 N–H and O–H groups in total. The zero-order chi connectivity index (χ0) is 17.6. The topological polar surface area (TPSA) is 86.7 Å². The Bertz CT molecular complexity index is 635. The predicted molar refractivity (Wildman–Crippen MR) is 92.9 cm³/mol. The summed E-state index contributed by atoms with van der Waals surface area (Å²) in [6.07, 6.45) is 3.96. The van der Waals surface area contributed by atoms with Crippen molar-refractivity contribution in [2.75, 3.05) is 23.7 Å². The Labute approximate surface area is 143 Å². The Balaban J connectivity index is 1.96. The van der Waals surface area contributed by atoms with E-state index in [-0.39, 0.29) is 17.6 Å². The molecule has 0 spiro atoms. The van der Waals surface area contributed by atoms with Crippen LogP contribution in [-0.4, -0.2) is 38.4 Å². The minimum atomic E-state index is -3.20. The number of hydroxylamine groups is 1. The van der Waals surface area contributed by atoms with Crippen LogP contribution in [0.15, 0.2) is 29.2 Å². The maximum atomic E-state index is 12.3. The maximum Gasteiger partial charge on any atom is 0.246 e. The molecule has 0 unspecified atom stereocenters. The molecular weight excluding hydrogens is 328 g/mol. The van der Waals surface area contributed by atoms with Crippen molar-refractivity contribution in [2.24, 2.45) is 5.92 Å². The molecule has 7 heteroatoms. The van der Waals surface area contributed by atoms with Gasteiger partial charge in [-0.25, -0.2) is 13.9 Å². The number of piperidine rings is 1. The number of amides is 1. The summed E-state index contributed by atoms with van der Waals surface area (Å²) in [7, 11) is -3.20. The van der Waals surface area contributed by atoms with Gasteiger partial charge in [0.25, 0.3) is 0 Å². The van der Waals surface area contributed by atoms with Crippen LogP contribution in [0.2, 0.25) is 0 Å². The number of hydrogen-bond acceptors (Lipinski definition) is 5. The van der Waals surface area contributed by atoms with Crippen LogP contribution in [0.25, 0.3) is 0 Å². The molecule has 1 saturated heterocycles. The number of nitrogens with one attached hydrogen (secondary N) is 1. The number of unbranched alkanes of at least 4 members (excludes halogenated alkanes) is 2. The van der Waals surface area contributed by atoms with Crippen molar-refractivity contribution in [2.45, 2.75) is 43.9 Å². The Kier molecular flexibility index (Phi) is 6.62. The van der Waals surface area contributed by atoms with E-state index in [1.165, 1.54) is 0 Å². The molecule has 2 rings (SSSR count). The van der Waals surface area contributed by atoms with Gasteiger partial charge in [0.15, 0.2) is 9.84 Å². The van der Waals surface area contributed by atoms with Gasteiger partial charge in [-0.15, -0.1) is 0 Å². The molecule has 0 saturated carbocycles. The number of rotatable bonds is 7. The van der Waals surface area contributed by atoms with Crippen LogP contribution in [0.1, 0.15) is 39.0 Å². The monoisotopic (exact) mass is 354 g/mol. The SMILES string of the molecule is CCCCCS(=O)(=O)c1ccc(N2CCC(C(=O)NO)CC2)cc1. The molecule has 0 aromatic heterocycles. The molecule has 1 heterocycles. The molecule has 134 valence electrons. The van der Waals surface area contributed by atoms with E-state index in [1.54, 1.807) is 17.6 Å². The number of carbonyl (C=O) groups is 1. The average molecular weight is 354 g/mol. The highest BCUT2D eigenvalue weighted by molar-refractivity contribution is 7.91. The van der Waals surface area contributed by atoms with Gasteiger partial charge in [0.05, 0.1) is 10.6 Å². The number of anilines is 1. The van der Waals surface area contributed by atoms with Crippen LogP contribution in [-0.2, 0) is 14.6 Å². The van der Waals surface area contributed by atoms with Crippen molar-refractivity contribution in [3.8, 4) is 0 Å². The lowest BCUT2D eigenvalue weighted by atomic mass is 9.96. The van der Waals surface area contributed by atoms with E-state index in [4.69, 9.17) is 5.21 Å². The van der Waals surface area contributed by atoms with Crippen molar-refractivity contribution >= 4 is 21.4 Å². The second kappa shape index (κ2) is 8.48. The highest BCUT2D eigenvalue weighted by Gasteiger charge is 2.25. The first-order valence-electron chi connectivity index (χ1n) is 8.49. The largest absolute Gasteiger partial charge is 0.371 e. The van der Waals surface area contributed by atoms with Crippen LogP contribution in [0.5, 0.6) is 0 Å². The summed E-state index contributed by atoms with van der Waals surface area (Å²) in [6.45, 7) is 3.47. The zero-order valence-corrected chi connectivity index (χ0v) is 14.9. The Morgan fingerprint density at radius 2 is 1.83 bits per heavy atom. The standard InChI is InChI=1S/C17H26N2O4S/c1-2-3-4-13-24(22,23)16-7-5-15(6-8-16)19-11-9-14(10-12-19)17(20)18-21/h5-8,14,21H,2-4,9-13H2,1H3,(H,18,20). The van der Waals surface area contributed by atoms with Gasteiger partial charge in [0.1, 0.15) is 0 Å². The van der Waals surface area contributed by atoms with Gasteiger partial charge in [-0.1, -0.05) is 19.8 Å². The third-order valence-corrected chi connectivity index (χ3v) is 6.37. The summed E-state index contributed by atoms with van der Waals surface area (Å²) in [5.74, 6) is -0.297. The van der Waals surface area contributed by atoms with Gasteiger partial charge in [0, 0.05) is 24.7 Å². The fraction of sp³-hybridized carbons (Fsp3) is 0.588. The molecule has 6 nitrogen and oxygen atoms in total. The number of hydrogen-bond donors (Lipinski definition) is 2. The summed E-state index contributed by atoms with van der Waals surface area (Å²) in [6, 6.07) is 7.00. The third-order valence-electron chi connectivity index (χ3n) is 4.55. The van der Waals surface area contributed by atoms with Crippen molar-refractivity contribution in [1.82, 2.24) is 5.48 Å². The molecule has 0 aliphatic carbocycles. The molecule has 0 radical (unpaired) electrons. The lowest BCUT2D eigenvalue weighted by Gasteiger charge is -2.32. The minimum absolute atomic E-state index is 0.163. The van der Waals surface area contributed by atoms with Crippen molar-refractivity contribution in [1.29, 1.82) is 0 Å². The number of carbonyl (C=O) groups excluding carboxylic acids is 1. The number of benzene rings is 1. The third kappa shape index (κ3) is 4.70. The fourth-order valence-electron chi connectivity index (χ4n) is 3.02. The molecule has 1 aromatic rings. The highest BCUT2D eigenvalue weighted by atomic mass is 32.2. The second-order valence-electron chi connectivity index (χ2n) is 6.26. The van der Waals surface area contributed by atoms with E-state index in [0.717, 1.165) is 18.5 Å². The highest BCUT2D eigenvalue weighted by Crippen LogP contribution is 2.25. The van der Waals surface area contributed by atoms with E-state index < -0.39 is 9.84 Å². The van der Waals surface area contributed by atoms with E-state index in [0.29, 0.717) is 37.2 Å². The van der Waals surface area contributed by atoms with Gasteiger partial charge in [-0.05, 0) is 43.5 Å². The average Bonchev–Trinajstić information content (AvgIpc) is 2.61. The number of nitrogens with zero attached hydrogens (tertiary/aromatic N) is 1. The molecule has 1 aliphatic rings. The van der Waals surface area contributed by atoms with Crippen molar-refractivity contribution < 1.29 is 18.4 Å². The van der Waals surface area contributed by atoms with Gasteiger partial charge in [0.2, 0.25) is 5.91 Å². The molecule has 1 aliphatic heterocycles. The van der Waals surface area contributed by atoms with Gasteiger partial charge in [-0.2, -0.15) is 0 Å². The Hall–Kier alpha value is -1.60. The number of sulfone groups is 1. The summed E-state index contributed by atoms with van der Waals surface area (Å²) < 4.78 is 24.5. The zero-order valence-electron chi connectivity index (χ0n) is 14.1. The summed E-state index contributed by atoms with van der Waals surface area (Å²) in [5, 5.41) is 8.68. The maximum absolute atomic E-state index is 12.3. The van der Waals surface area contributed by atoms with Crippen molar-refractivity contribution in [3.63, 3.8) is 0 Å². The molecule has 0 bridgehead atoms. The summed E-state index contributed by atoms with van der Waals surface area (Å²) >= 11 is 0. The Morgan fingerprint density at radius 1 is 1.21 bits per heavy atom. The minimum Gasteiger partial charge on any atom is -0.371 e. The predicted octanol–water partition coefficient (Wildman–Crippen LogP) is 2.37. The first-order chi connectivity index (χ1) is 11.5. The molecule has 24 heavy (non-hydrogen) atoms. The molecule has 0 atom stereocenters. The lowest BCUT2D eigenvalue weighted by Crippen LogP contribution is -2.39.